The van der Waals surface area contributed by atoms with Gasteiger partial charge in [0.15, 0.2) is 0 Å². The SMILES string of the molecule is CC(C)C[C@@H](/C=C/C(=O)N1Cc2ccccc2C1)CC(=O)[C@H](C)N. The van der Waals surface area contributed by atoms with Crippen LogP contribution in [0, 0.1) is 11.8 Å². The minimum atomic E-state index is -0.447. The third-order valence-corrected chi connectivity index (χ3v) is 4.41. The zero-order chi connectivity index (χ0) is 17.7. The van der Waals surface area contributed by atoms with E-state index in [0.29, 0.717) is 25.4 Å². The Kier molecular flexibility index (Phi) is 6.32. The van der Waals surface area contributed by atoms with Gasteiger partial charge in [-0.25, -0.2) is 0 Å². The van der Waals surface area contributed by atoms with Crippen molar-refractivity contribution in [2.45, 2.75) is 52.7 Å². The molecule has 0 fully saturated rings. The van der Waals surface area contributed by atoms with Crippen molar-refractivity contribution < 1.29 is 9.59 Å². The molecule has 130 valence electrons. The number of benzene rings is 1. The molecule has 2 atom stereocenters. The summed E-state index contributed by atoms with van der Waals surface area (Å²) in [4.78, 5) is 26.2. The van der Waals surface area contributed by atoms with Crippen molar-refractivity contribution in [3.8, 4) is 0 Å². The Balaban J connectivity index is 1.98. The van der Waals surface area contributed by atoms with Gasteiger partial charge in [0.25, 0.3) is 0 Å². The number of fused-ring (bicyclic) bond motifs is 1. The fourth-order valence-corrected chi connectivity index (χ4v) is 3.09. The van der Waals surface area contributed by atoms with Gasteiger partial charge in [0.2, 0.25) is 5.91 Å². The lowest BCUT2D eigenvalue weighted by Gasteiger charge is -2.17. The predicted octanol–water partition coefficient (Wildman–Crippen LogP) is 3.05. The summed E-state index contributed by atoms with van der Waals surface area (Å²) in [7, 11) is 0. The molecule has 4 heteroatoms. The molecule has 0 spiro atoms. The molecule has 0 aliphatic carbocycles. The Morgan fingerprint density at radius 2 is 1.75 bits per heavy atom. The average molecular weight is 328 g/mol. The molecule has 4 nitrogen and oxygen atoms in total. The van der Waals surface area contributed by atoms with Gasteiger partial charge in [0, 0.05) is 19.5 Å². The number of allylic oxidation sites excluding steroid dienone is 1. The molecule has 1 heterocycles. The second kappa shape index (κ2) is 8.25. The summed E-state index contributed by atoms with van der Waals surface area (Å²) in [5.41, 5.74) is 8.10. The maximum absolute atomic E-state index is 12.5. The number of hydrogen-bond donors (Lipinski definition) is 1. The maximum Gasteiger partial charge on any atom is 0.246 e. The molecule has 2 N–H and O–H groups in total. The highest BCUT2D eigenvalue weighted by atomic mass is 16.2. The molecule has 1 aromatic carbocycles. The Hall–Kier alpha value is -1.94. The van der Waals surface area contributed by atoms with Crippen LogP contribution in [-0.2, 0) is 22.7 Å². The third-order valence-electron chi connectivity index (χ3n) is 4.41. The number of Topliss-reactive ketones (excluding diaryl/α,β-unsaturated/α-hetero) is 1. The van der Waals surface area contributed by atoms with Crippen LogP contribution in [0.2, 0.25) is 0 Å². The number of hydrogen-bond acceptors (Lipinski definition) is 3. The molecule has 0 bridgehead atoms. The zero-order valence-corrected chi connectivity index (χ0v) is 14.9. The van der Waals surface area contributed by atoms with Crippen LogP contribution in [0.1, 0.15) is 44.7 Å². The van der Waals surface area contributed by atoms with Crippen LogP contribution >= 0.6 is 0 Å². The quantitative estimate of drug-likeness (QED) is 0.783. The van der Waals surface area contributed by atoms with Gasteiger partial charge in [-0.15, -0.1) is 0 Å². The number of carbonyl (C=O) groups is 2. The number of amides is 1. The molecule has 2 rings (SSSR count). The number of nitrogens with two attached hydrogens (primary N) is 1. The van der Waals surface area contributed by atoms with E-state index < -0.39 is 6.04 Å². The Morgan fingerprint density at radius 3 is 2.25 bits per heavy atom. The van der Waals surface area contributed by atoms with Crippen LogP contribution in [0.4, 0.5) is 0 Å². The number of nitrogens with zero attached hydrogens (tertiary/aromatic N) is 1. The molecule has 1 aromatic rings. The lowest BCUT2D eigenvalue weighted by atomic mass is 9.90. The lowest BCUT2D eigenvalue weighted by Crippen LogP contribution is -2.28. The number of carbonyl (C=O) groups excluding carboxylic acids is 2. The highest BCUT2D eigenvalue weighted by Gasteiger charge is 2.22. The van der Waals surface area contributed by atoms with Crippen LogP contribution in [-0.4, -0.2) is 22.6 Å². The molecule has 0 aromatic heterocycles. The summed E-state index contributed by atoms with van der Waals surface area (Å²) in [5, 5.41) is 0. The lowest BCUT2D eigenvalue weighted by molar-refractivity contribution is -0.126. The molecule has 1 aliphatic rings. The van der Waals surface area contributed by atoms with Gasteiger partial charge >= 0.3 is 0 Å². The summed E-state index contributed by atoms with van der Waals surface area (Å²) in [6.45, 7) is 7.28. The first kappa shape index (κ1) is 18.4. The van der Waals surface area contributed by atoms with Crippen molar-refractivity contribution in [2.75, 3.05) is 0 Å². The average Bonchev–Trinajstić information content (AvgIpc) is 2.95. The molecule has 0 unspecified atom stereocenters. The molecule has 0 saturated carbocycles. The first-order chi connectivity index (χ1) is 11.4. The Morgan fingerprint density at radius 1 is 1.17 bits per heavy atom. The van der Waals surface area contributed by atoms with Gasteiger partial charge in [0.05, 0.1) is 6.04 Å². The van der Waals surface area contributed by atoms with Gasteiger partial charge in [-0.1, -0.05) is 44.2 Å². The second-order valence-electron chi connectivity index (χ2n) is 7.17. The van der Waals surface area contributed by atoms with Gasteiger partial charge in [0.1, 0.15) is 5.78 Å². The van der Waals surface area contributed by atoms with Crippen LogP contribution in [0.5, 0.6) is 0 Å². The smallest absolute Gasteiger partial charge is 0.246 e. The molecule has 0 saturated heterocycles. The molecule has 1 aliphatic heterocycles. The van der Waals surface area contributed by atoms with Gasteiger partial charge in [-0.2, -0.15) is 0 Å². The zero-order valence-electron chi connectivity index (χ0n) is 14.9. The maximum atomic E-state index is 12.5. The van der Waals surface area contributed by atoms with Gasteiger partial charge in [-0.3, -0.25) is 9.59 Å². The molecule has 0 radical (unpaired) electrons. The van der Waals surface area contributed by atoms with E-state index in [4.69, 9.17) is 5.73 Å². The topological polar surface area (TPSA) is 63.4 Å². The standard InChI is InChI=1S/C20H28N2O2/c1-14(2)10-16(11-19(23)15(3)21)8-9-20(24)22-12-17-6-4-5-7-18(17)13-22/h4-9,14-16H,10-13,21H2,1-3H3/b9-8+/t15-,16+/m0/s1. The van der Waals surface area contributed by atoms with E-state index >= 15 is 0 Å². The summed E-state index contributed by atoms with van der Waals surface area (Å²) < 4.78 is 0. The summed E-state index contributed by atoms with van der Waals surface area (Å²) in [6, 6.07) is 7.68. The van der Waals surface area contributed by atoms with Crippen molar-refractivity contribution in [1.29, 1.82) is 0 Å². The van der Waals surface area contributed by atoms with Crippen LogP contribution in [0.25, 0.3) is 0 Å². The molecule has 1 amide bonds. The highest BCUT2D eigenvalue weighted by Crippen LogP contribution is 2.23. The predicted molar refractivity (Wildman–Crippen MR) is 96.1 cm³/mol. The summed E-state index contributed by atoms with van der Waals surface area (Å²) >= 11 is 0. The number of ketones is 1. The highest BCUT2D eigenvalue weighted by molar-refractivity contribution is 5.88. The largest absolute Gasteiger partial charge is 0.330 e. The van der Waals surface area contributed by atoms with Crippen LogP contribution in [0.15, 0.2) is 36.4 Å². The second-order valence-corrected chi connectivity index (χ2v) is 7.17. The number of rotatable bonds is 7. The van der Waals surface area contributed by atoms with E-state index in [9.17, 15) is 9.59 Å². The first-order valence-electron chi connectivity index (χ1n) is 8.69. The molecule has 24 heavy (non-hydrogen) atoms. The van der Waals surface area contributed by atoms with Gasteiger partial charge < -0.3 is 10.6 Å². The van der Waals surface area contributed by atoms with Crippen molar-refractivity contribution in [3.63, 3.8) is 0 Å². The minimum absolute atomic E-state index is 0.00759. The van der Waals surface area contributed by atoms with E-state index in [1.807, 2.05) is 23.1 Å². The van der Waals surface area contributed by atoms with Crippen molar-refractivity contribution in [1.82, 2.24) is 4.90 Å². The van der Waals surface area contributed by atoms with Crippen molar-refractivity contribution in [2.24, 2.45) is 17.6 Å². The van der Waals surface area contributed by atoms with E-state index in [-0.39, 0.29) is 17.6 Å². The van der Waals surface area contributed by atoms with E-state index in [2.05, 4.69) is 26.0 Å². The normalized spacial score (nSPS) is 16.5. The van der Waals surface area contributed by atoms with E-state index in [1.54, 1.807) is 13.0 Å². The van der Waals surface area contributed by atoms with Gasteiger partial charge in [-0.05, 0) is 42.4 Å². The van der Waals surface area contributed by atoms with Crippen LogP contribution < -0.4 is 5.73 Å². The Bertz CT molecular complexity index is 595. The molecular weight excluding hydrogens is 300 g/mol. The van der Waals surface area contributed by atoms with Crippen molar-refractivity contribution >= 4 is 11.7 Å². The minimum Gasteiger partial charge on any atom is -0.330 e. The summed E-state index contributed by atoms with van der Waals surface area (Å²) in [5.74, 6) is 0.587. The first-order valence-corrected chi connectivity index (χ1v) is 8.69. The van der Waals surface area contributed by atoms with E-state index in [0.717, 1.165) is 6.42 Å². The fourth-order valence-electron chi connectivity index (χ4n) is 3.09. The van der Waals surface area contributed by atoms with E-state index in [1.165, 1.54) is 11.1 Å². The summed E-state index contributed by atoms with van der Waals surface area (Å²) in [6.07, 6.45) is 4.81. The van der Waals surface area contributed by atoms with Crippen molar-refractivity contribution in [3.05, 3.63) is 47.5 Å². The third kappa shape index (κ3) is 5.03. The monoisotopic (exact) mass is 328 g/mol. The Labute approximate surface area is 144 Å². The molecular formula is C20H28N2O2. The fraction of sp³-hybridized carbons (Fsp3) is 0.500. The van der Waals surface area contributed by atoms with Crippen LogP contribution in [0.3, 0.4) is 0 Å².